The Labute approximate surface area is 224 Å². The first-order valence-electron chi connectivity index (χ1n) is 13.4. The number of ether oxygens (including phenoxy) is 1. The van der Waals surface area contributed by atoms with Crippen LogP contribution in [0.3, 0.4) is 0 Å². The molecular weight excluding hydrogens is 492 g/mol. The molecule has 37 heavy (non-hydrogen) atoms. The Balaban J connectivity index is 1.88. The minimum absolute atomic E-state index is 0.0559. The molecule has 8 nitrogen and oxygen atoms in total. The lowest BCUT2D eigenvalue weighted by Crippen LogP contribution is -2.45. The van der Waals surface area contributed by atoms with Crippen molar-refractivity contribution in [3.05, 3.63) is 21.7 Å². The first kappa shape index (κ1) is 29.9. The molecule has 2 aliphatic rings. The van der Waals surface area contributed by atoms with E-state index in [1.54, 1.807) is 32.1 Å². The minimum atomic E-state index is -1.24. The van der Waals surface area contributed by atoms with Crippen molar-refractivity contribution >= 4 is 29.2 Å². The number of aliphatic hydroxyl groups excluding tert-OH is 3. The SMILES string of the molecule is C/C(=C\c1csc(C)n1)[C@@H]1CC2C(CCC[C@H](C)[C@H](O)[C@@H](C)C(=O)C(C)(C)[C@@H](O)CC(=O)O1)N2CCO. The first-order chi connectivity index (χ1) is 17.4. The van der Waals surface area contributed by atoms with Crippen LogP contribution in [0.1, 0.15) is 77.4 Å². The fourth-order valence-corrected chi connectivity index (χ4v) is 6.22. The van der Waals surface area contributed by atoms with E-state index in [0.717, 1.165) is 35.5 Å². The number of carbonyl (C=O) groups excluding carboxylic acids is 2. The Hall–Kier alpha value is -1.65. The van der Waals surface area contributed by atoms with Crippen LogP contribution in [0.4, 0.5) is 0 Å². The fourth-order valence-electron chi connectivity index (χ4n) is 5.65. The fraction of sp³-hybridized carbons (Fsp3) is 0.750. The zero-order valence-electron chi connectivity index (χ0n) is 23.0. The molecule has 2 fully saturated rings. The molecule has 208 valence electrons. The van der Waals surface area contributed by atoms with Crippen molar-refractivity contribution in [1.82, 2.24) is 9.88 Å². The molecule has 3 unspecified atom stereocenters. The highest BCUT2D eigenvalue weighted by atomic mass is 32.1. The van der Waals surface area contributed by atoms with Crippen LogP contribution in [0.15, 0.2) is 11.0 Å². The summed E-state index contributed by atoms with van der Waals surface area (Å²) >= 11 is 1.55. The van der Waals surface area contributed by atoms with Gasteiger partial charge in [-0.2, -0.15) is 0 Å². The molecule has 0 aliphatic carbocycles. The highest BCUT2D eigenvalue weighted by Gasteiger charge is 2.48. The number of carbonyl (C=O) groups is 2. The van der Waals surface area contributed by atoms with Gasteiger partial charge in [0.05, 0.1) is 41.4 Å². The van der Waals surface area contributed by atoms with Crippen LogP contribution < -0.4 is 0 Å². The van der Waals surface area contributed by atoms with E-state index in [1.807, 2.05) is 32.2 Å². The van der Waals surface area contributed by atoms with Crippen LogP contribution in [0, 0.1) is 24.2 Å². The first-order valence-corrected chi connectivity index (χ1v) is 14.3. The average molecular weight is 537 g/mol. The van der Waals surface area contributed by atoms with E-state index in [0.29, 0.717) is 13.0 Å². The largest absolute Gasteiger partial charge is 0.458 e. The number of aryl methyl sites for hydroxylation is 1. The summed E-state index contributed by atoms with van der Waals surface area (Å²) in [6, 6.07) is 0.434. The van der Waals surface area contributed by atoms with Gasteiger partial charge in [-0.1, -0.05) is 34.1 Å². The van der Waals surface area contributed by atoms with Gasteiger partial charge in [0.25, 0.3) is 0 Å². The molecule has 8 atom stereocenters. The van der Waals surface area contributed by atoms with Crippen LogP contribution in [0.2, 0.25) is 0 Å². The zero-order chi connectivity index (χ0) is 27.5. The van der Waals surface area contributed by atoms with E-state index in [1.165, 1.54) is 0 Å². The Bertz CT molecular complexity index is 976. The molecule has 0 spiro atoms. The number of nitrogens with zero attached hydrogens (tertiary/aromatic N) is 2. The van der Waals surface area contributed by atoms with Crippen LogP contribution >= 0.6 is 11.3 Å². The molecule has 3 N–H and O–H groups in total. The second-order valence-corrected chi connectivity index (χ2v) is 12.5. The van der Waals surface area contributed by atoms with Gasteiger partial charge in [-0.15, -0.1) is 11.3 Å². The third-order valence-corrected chi connectivity index (χ3v) is 9.10. The summed E-state index contributed by atoms with van der Waals surface area (Å²) in [5.74, 6) is -1.57. The third-order valence-electron chi connectivity index (χ3n) is 8.31. The van der Waals surface area contributed by atoms with Crippen LogP contribution in [-0.2, 0) is 14.3 Å². The number of aliphatic hydroxyl groups is 3. The predicted octanol–water partition coefficient (Wildman–Crippen LogP) is 3.37. The molecule has 2 saturated heterocycles. The number of fused-ring (bicyclic) bond motifs is 1. The maximum Gasteiger partial charge on any atom is 0.309 e. The molecule has 2 aliphatic heterocycles. The van der Waals surface area contributed by atoms with E-state index in [9.17, 15) is 24.9 Å². The van der Waals surface area contributed by atoms with Crippen molar-refractivity contribution in [2.75, 3.05) is 13.2 Å². The molecule has 3 rings (SSSR count). The van der Waals surface area contributed by atoms with Gasteiger partial charge in [0.15, 0.2) is 0 Å². The quantitative estimate of drug-likeness (QED) is 0.396. The summed E-state index contributed by atoms with van der Waals surface area (Å²) in [7, 11) is 0. The van der Waals surface area contributed by atoms with Gasteiger partial charge in [-0.25, -0.2) is 4.98 Å². The molecule has 9 heteroatoms. The van der Waals surface area contributed by atoms with Gasteiger partial charge in [0.1, 0.15) is 11.9 Å². The van der Waals surface area contributed by atoms with Gasteiger partial charge in [0, 0.05) is 36.3 Å². The molecule has 3 heterocycles. The summed E-state index contributed by atoms with van der Waals surface area (Å²) in [4.78, 5) is 33.1. The summed E-state index contributed by atoms with van der Waals surface area (Å²) in [6.07, 6.45) is 2.19. The number of Topliss-reactive ketones (excluding diaryl/α,β-unsaturated/α-hetero) is 1. The van der Waals surface area contributed by atoms with Crippen LogP contribution in [0.5, 0.6) is 0 Å². The van der Waals surface area contributed by atoms with Gasteiger partial charge >= 0.3 is 5.97 Å². The number of hydrogen-bond donors (Lipinski definition) is 3. The number of rotatable bonds is 4. The number of esters is 1. The smallest absolute Gasteiger partial charge is 0.309 e. The lowest BCUT2D eigenvalue weighted by molar-refractivity contribution is -0.154. The van der Waals surface area contributed by atoms with Crippen LogP contribution in [0.25, 0.3) is 6.08 Å². The molecule has 0 aromatic carbocycles. The molecule has 1 aromatic heterocycles. The van der Waals surface area contributed by atoms with Crippen molar-refractivity contribution in [2.45, 2.75) is 104 Å². The Morgan fingerprint density at radius 3 is 2.57 bits per heavy atom. The highest BCUT2D eigenvalue weighted by Crippen LogP contribution is 2.39. The van der Waals surface area contributed by atoms with E-state index in [2.05, 4.69) is 9.88 Å². The summed E-state index contributed by atoms with van der Waals surface area (Å²) in [5, 5.41) is 34.3. The van der Waals surface area contributed by atoms with Crippen molar-refractivity contribution in [1.29, 1.82) is 0 Å². The zero-order valence-corrected chi connectivity index (χ0v) is 23.8. The lowest BCUT2D eigenvalue weighted by atomic mass is 9.73. The Morgan fingerprint density at radius 1 is 1.24 bits per heavy atom. The summed E-state index contributed by atoms with van der Waals surface area (Å²) in [5.41, 5.74) is 0.467. The van der Waals surface area contributed by atoms with Crippen molar-refractivity contribution < 1.29 is 29.6 Å². The van der Waals surface area contributed by atoms with Crippen LogP contribution in [-0.4, -0.2) is 80.5 Å². The van der Waals surface area contributed by atoms with Gasteiger partial charge in [0.2, 0.25) is 0 Å². The summed E-state index contributed by atoms with van der Waals surface area (Å²) in [6.45, 7) is 11.4. The van der Waals surface area contributed by atoms with E-state index in [4.69, 9.17) is 4.74 Å². The van der Waals surface area contributed by atoms with E-state index in [-0.39, 0.29) is 36.8 Å². The number of β-amino-alcohol motifs (C(OH)–C–C–N with tert-alkyl or cyclic N) is 1. The molecule has 1 aromatic rings. The number of thiazole rings is 1. The number of aromatic nitrogens is 1. The van der Waals surface area contributed by atoms with Gasteiger partial charge < -0.3 is 20.1 Å². The topological polar surface area (TPSA) is 120 Å². The highest BCUT2D eigenvalue weighted by molar-refractivity contribution is 7.09. The molecule has 0 radical (unpaired) electrons. The standard InChI is InChI=1S/C28H44N2O6S/c1-16-8-7-9-21-22(30(21)10-11-31)13-23(17(2)12-20-15-37-19(4)29-20)36-25(33)14-24(32)28(5,6)27(35)18(3)26(16)34/h12,15-16,18,21-24,26,31-32,34H,7-11,13-14H2,1-6H3/b17-12+/t16-,18+,21?,22?,23-,24-,26-,30?/m0/s1. The number of ketones is 1. The molecular formula is C28H44N2O6S. The molecule has 0 bridgehead atoms. The summed E-state index contributed by atoms with van der Waals surface area (Å²) < 4.78 is 5.94. The van der Waals surface area contributed by atoms with Crippen molar-refractivity contribution in [3.63, 3.8) is 0 Å². The third kappa shape index (κ3) is 7.26. The van der Waals surface area contributed by atoms with Gasteiger partial charge in [-0.05, 0) is 44.3 Å². The molecule has 0 saturated carbocycles. The van der Waals surface area contributed by atoms with Gasteiger partial charge in [-0.3, -0.25) is 14.5 Å². The second-order valence-electron chi connectivity index (χ2n) is 11.5. The Morgan fingerprint density at radius 2 is 1.95 bits per heavy atom. The Kier molecular flexibility index (Phi) is 10.1. The molecule has 0 amide bonds. The lowest BCUT2D eigenvalue weighted by Gasteiger charge is -2.34. The van der Waals surface area contributed by atoms with E-state index < -0.39 is 35.6 Å². The number of cyclic esters (lactones) is 1. The van der Waals surface area contributed by atoms with Crippen molar-refractivity contribution in [2.24, 2.45) is 17.3 Å². The maximum absolute atomic E-state index is 13.3. The normalized spacial score (nSPS) is 36.1. The monoisotopic (exact) mass is 536 g/mol. The van der Waals surface area contributed by atoms with E-state index >= 15 is 0 Å². The minimum Gasteiger partial charge on any atom is -0.458 e. The second kappa shape index (κ2) is 12.5. The average Bonchev–Trinajstić information content (AvgIpc) is 3.29. The maximum atomic E-state index is 13.3. The predicted molar refractivity (Wildman–Crippen MR) is 144 cm³/mol. The number of hydrogen-bond acceptors (Lipinski definition) is 9. The van der Waals surface area contributed by atoms with Crippen molar-refractivity contribution in [3.8, 4) is 0 Å².